The van der Waals surface area contributed by atoms with E-state index in [1.165, 1.54) is 94.2 Å². The normalized spacial score (nSPS) is 17.6. The van der Waals surface area contributed by atoms with E-state index in [0.717, 1.165) is 44.6 Å². The Kier molecular flexibility index (Phi) is 10.5. The number of rotatable bonds is 8. The Balaban J connectivity index is 0.00000124. The molecule has 2 atom stereocenters. The van der Waals surface area contributed by atoms with E-state index in [1.54, 1.807) is 22.3 Å². The Hall–Kier alpha value is -3.40. The molecule has 0 N–H and O–H groups in total. The van der Waals surface area contributed by atoms with Gasteiger partial charge in [-0.05, 0) is 168 Å². The summed E-state index contributed by atoms with van der Waals surface area (Å²) < 4.78 is 12.8. The van der Waals surface area contributed by atoms with Gasteiger partial charge in [-0.3, -0.25) is 0 Å². The van der Waals surface area contributed by atoms with Crippen molar-refractivity contribution in [2.75, 3.05) is 0 Å². The molecule has 4 aliphatic rings. The first-order valence-electron chi connectivity index (χ1n) is 19.2. The molecule has 0 amide bonds. The second-order valence-corrected chi connectivity index (χ2v) is 20.1. The Morgan fingerprint density at radius 1 is 0.593 bits per heavy atom. The van der Waals surface area contributed by atoms with Crippen molar-refractivity contribution in [2.45, 2.75) is 76.3 Å². The number of fused-ring (bicyclic) bond motifs is 4. The third-order valence-corrected chi connectivity index (χ3v) is 13.3. The number of halogens is 2. The molecule has 0 fully saturated rings. The SMILES string of the molecule is Cc1ccc(C2=Cc3c(cc4c(c3-c3ccccc3)CCC4)C2C[Si]CC2C(c3ccc(C)o3)=Cc3c2cc2c(c3-c3ccccc3)CCC2)o1.[Cl][Zr][Cl]. The number of hydrogen-bond acceptors (Lipinski definition) is 2. The molecule has 2 radical (unpaired) electrons. The molecule has 2 unspecified atom stereocenters. The molecule has 4 aromatic carbocycles. The van der Waals surface area contributed by atoms with Crippen LogP contribution in [0.15, 0.2) is 106 Å². The summed E-state index contributed by atoms with van der Waals surface area (Å²) in [6.07, 6.45) is 12.2. The summed E-state index contributed by atoms with van der Waals surface area (Å²) >= 11 is -0.826. The fourth-order valence-corrected chi connectivity index (χ4v) is 11.3. The van der Waals surface area contributed by atoms with E-state index < -0.39 is 20.8 Å². The van der Waals surface area contributed by atoms with Crippen molar-refractivity contribution in [1.82, 2.24) is 0 Å². The van der Waals surface area contributed by atoms with Crippen LogP contribution in [-0.4, -0.2) is 9.52 Å². The van der Waals surface area contributed by atoms with Crippen molar-refractivity contribution in [3.8, 4) is 22.3 Å². The van der Waals surface area contributed by atoms with E-state index in [0.29, 0.717) is 11.8 Å². The standard InChI is InChI=1S/C48H42O2Si.2ClH.Zr/c1-29-19-21-45(49-29)39-25-41-37(23-33-15-9-17-35(33)47(41)31-11-5-3-6-12-31)43(39)27-51-28-44-38-24-34-16-10-18-36(34)48(32-13-7-4-8-14-32)42(38)26-40(44)46-22-20-30(2)50-46;;;/h3-8,11-14,19-26,43-44H,9-10,15-18,27-28H2,1-2H3;2*1H;/q;;;+2/p-2. The van der Waals surface area contributed by atoms with Gasteiger partial charge in [-0.1, -0.05) is 72.8 Å². The average molecular weight is 841 g/mol. The minimum atomic E-state index is -0.826. The predicted molar refractivity (Wildman–Crippen MR) is 223 cm³/mol. The van der Waals surface area contributed by atoms with E-state index in [1.807, 2.05) is 0 Å². The van der Waals surface area contributed by atoms with Crippen molar-refractivity contribution in [3.05, 3.63) is 165 Å². The van der Waals surface area contributed by atoms with Gasteiger partial charge in [0.1, 0.15) is 23.0 Å². The van der Waals surface area contributed by atoms with E-state index in [4.69, 9.17) is 25.9 Å². The zero-order valence-corrected chi connectivity index (χ0v) is 35.7. The molecular formula is C48H42Cl2O2SiZr. The fraction of sp³-hybridized carbons (Fsp3) is 0.250. The molecule has 0 saturated carbocycles. The molecule has 6 aromatic rings. The number of benzene rings is 4. The molecular weight excluding hydrogens is 799 g/mol. The quantitative estimate of drug-likeness (QED) is 0.143. The van der Waals surface area contributed by atoms with Gasteiger partial charge in [-0.25, -0.2) is 0 Å². The van der Waals surface area contributed by atoms with E-state index in [2.05, 4.69) is 123 Å². The minimum absolute atomic E-state index is 0.316. The van der Waals surface area contributed by atoms with Gasteiger partial charge in [-0.15, -0.1) is 0 Å². The summed E-state index contributed by atoms with van der Waals surface area (Å²) in [5.41, 5.74) is 20.3. The molecule has 2 aromatic heterocycles. The summed E-state index contributed by atoms with van der Waals surface area (Å²) in [4.78, 5) is 0. The topological polar surface area (TPSA) is 26.3 Å². The van der Waals surface area contributed by atoms with Gasteiger partial charge in [0.2, 0.25) is 0 Å². The first-order chi connectivity index (χ1) is 26.5. The van der Waals surface area contributed by atoms with Crippen LogP contribution in [0.4, 0.5) is 0 Å². The zero-order valence-electron chi connectivity index (χ0n) is 30.8. The summed E-state index contributed by atoms with van der Waals surface area (Å²) in [7, 11) is 10.6. The van der Waals surface area contributed by atoms with Crippen molar-refractivity contribution in [2.24, 2.45) is 0 Å². The van der Waals surface area contributed by atoms with Crippen LogP contribution in [-0.2, 0) is 46.5 Å². The third-order valence-electron chi connectivity index (χ3n) is 11.9. The predicted octanol–water partition coefficient (Wildman–Crippen LogP) is 13.7. The first-order valence-corrected chi connectivity index (χ1v) is 27.0. The van der Waals surface area contributed by atoms with E-state index in [9.17, 15) is 0 Å². The number of furan rings is 2. The molecule has 268 valence electrons. The molecule has 4 aliphatic carbocycles. The van der Waals surface area contributed by atoms with Gasteiger partial charge >= 0.3 is 37.9 Å². The van der Waals surface area contributed by atoms with Crippen LogP contribution in [0.5, 0.6) is 0 Å². The maximum atomic E-state index is 6.39. The summed E-state index contributed by atoms with van der Waals surface area (Å²) in [6.45, 7) is 4.13. The Morgan fingerprint density at radius 2 is 1.02 bits per heavy atom. The van der Waals surface area contributed by atoms with Gasteiger partial charge in [0.15, 0.2) is 0 Å². The molecule has 0 aliphatic heterocycles. The molecule has 0 saturated heterocycles. The molecule has 0 bridgehead atoms. The van der Waals surface area contributed by atoms with Crippen LogP contribution in [0.3, 0.4) is 0 Å². The average Bonchev–Trinajstić information content (AvgIpc) is 4.05. The van der Waals surface area contributed by atoms with E-state index >= 15 is 0 Å². The van der Waals surface area contributed by atoms with Crippen LogP contribution >= 0.6 is 17.0 Å². The van der Waals surface area contributed by atoms with E-state index in [-0.39, 0.29) is 0 Å². The van der Waals surface area contributed by atoms with Crippen molar-refractivity contribution < 1.29 is 29.7 Å². The molecule has 2 heterocycles. The third kappa shape index (κ3) is 6.66. The molecule has 0 spiro atoms. The Morgan fingerprint density at radius 3 is 1.41 bits per heavy atom. The zero-order chi connectivity index (χ0) is 36.8. The summed E-state index contributed by atoms with van der Waals surface area (Å²) in [5.74, 6) is 4.63. The van der Waals surface area contributed by atoms with Crippen LogP contribution in [0.2, 0.25) is 12.1 Å². The van der Waals surface area contributed by atoms with Gasteiger partial charge in [-0.2, -0.15) is 0 Å². The molecule has 54 heavy (non-hydrogen) atoms. The molecule has 2 nitrogen and oxygen atoms in total. The number of hydrogen-bond donors (Lipinski definition) is 0. The van der Waals surface area contributed by atoms with Gasteiger partial charge in [0, 0.05) is 32.5 Å². The second-order valence-electron chi connectivity index (χ2n) is 15.1. The Labute approximate surface area is 340 Å². The first kappa shape index (κ1) is 36.3. The monoisotopic (exact) mass is 838 g/mol. The second kappa shape index (κ2) is 15.6. The van der Waals surface area contributed by atoms with Crippen LogP contribution in [0.1, 0.15) is 92.2 Å². The number of aryl methyl sites for hydroxylation is 4. The van der Waals surface area contributed by atoms with Crippen molar-refractivity contribution in [1.29, 1.82) is 0 Å². The Bertz CT molecular complexity index is 2240. The van der Waals surface area contributed by atoms with Gasteiger partial charge in [0.25, 0.3) is 0 Å². The van der Waals surface area contributed by atoms with Crippen LogP contribution in [0.25, 0.3) is 45.6 Å². The van der Waals surface area contributed by atoms with Gasteiger partial charge in [0.05, 0.1) is 0 Å². The summed E-state index contributed by atoms with van der Waals surface area (Å²) in [6, 6.07) is 38.2. The maximum absolute atomic E-state index is 6.39. The fourth-order valence-electron chi connectivity index (χ4n) is 9.65. The van der Waals surface area contributed by atoms with Crippen LogP contribution in [0, 0.1) is 13.8 Å². The van der Waals surface area contributed by atoms with Crippen LogP contribution < -0.4 is 0 Å². The molecule has 6 heteroatoms. The number of allylic oxidation sites excluding steroid dienone is 2. The van der Waals surface area contributed by atoms with Gasteiger partial charge < -0.3 is 8.83 Å². The summed E-state index contributed by atoms with van der Waals surface area (Å²) in [5, 5.41) is 0. The van der Waals surface area contributed by atoms with Crippen molar-refractivity contribution >= 4 is 49.8 Å². The molecule has 10 rings (SSSR count). The van der Waals surface area contributed by atoms with Crippen molar-refractivity contribution in [3.63, 3.8) is 0 Å².